The zero-order valence-electron chi connectivity index (χ0n) is 6.41. The van der Waals surface area contributed by atoms with Gasteiger partial charge < -0.3 is 15.2 Å². The topological polar surface area (TPSA) is 69.2 Å². The fourth-order valence-corrected chi connectivity index (χ4v) is 0.841. The van der Waals surface area contributed by atoms with Crippen LogP contribution < -0.4 is 10.4 Å². The molecule has 1 N–H and O–H groups in total. The summed E-state index contributed by atoms with van der Waals surface area (Å²) in [5.41, 5.74) is 0.360. The molecule has 13 heavy (non-hydrogen) atoms. The van der Waals surface area contributed by atoms with Crippen LogP contribution in [0.4, 0.5) is 5.69 Å². The van der Waals surface area contributed by atoms with E-state index in [0.29, 0.717) is 10.7 Å². The Morgan fingerprint density at radius 2 is 1.77 bits per heavy atom. The van der Waals surface area contributed by atoms with Crippen molar-refractivity contribution in [1.29, 1.82) is 0 Å². The van der Waals surface area contributed by atoms with Crippen molar-refractivity contribution in [2.45, 2.75) is 0 Å². The molecule has 4 nitrogen and oxygen atoms in total. The third kappa shape index (κ3) is 2.76. The number of carboxylic acids is 1. The van der Waals surface area contributed by atoms with Gasteiger partial charge in [0.25, 0.3) is 5.91 Å². The van der Waals surface area contributed by atoms with Crippen LogP contribution in [0.15, 0.2) is 24.3 Å². The fraction of sp³-hybridized carbons (Fsp3) is 0. The number of carboxylic acid groups (broad SMARTS) is 1. The monoisotopic (exact) mass is 198 g/mol. The molecule has 0 saturated carbocycles. The molecule has 5 heteroatoms. The highest BCUT2D eigenvalue weighted by molar-refractivity contribution is 6.35. The van der Waals surface area contributed by atoms with Crippen LogP contribution in [-0.2, 0) is 9.59 Å². The molecule has 1 aromatic carbocycles. The molecule has 68 valence electrons. The zero-order chi connectivity index (χ0) is 9.84. The molecule has 1 amide bonds. The van der Waals surface area contributed by atoms with Crippen LogP contribution in [0.5, 0.6) is 0 Å². The van der Waals surface area contributed by atoms with Gasteiger partial charge in [0.05, 0.1) is 0 Å². The summed E-state index contributed by atoms with van der Waals surface area (Å²) in [5, 5.41) is 12.6. The second-order valence-electron chi connectivity index (χ2n) is 2.25. The quantitative estimate of drug-likeness (QED) is 0.648. The predicted molar refractivity (Wildman–Crippen MR) is 45.1 cm³/mol. The number of benzene rings is 1. The second-order valence-corrected chi connectivity index (χ2v) is 2.68. The van der Waals surface area contributed by atoms with E-state index in [-0.39, 0.29) is 0 Å². The maximum absolute atomic E-state index is 10.6. The molecule has 1 aromatic rings. The van der Waals surface area contributed by atoms with E-state index < -0.39 is 11.9 Å². The normalized spacial score (nSPS) is 9.31. The number of nitrogens with one attached hydrogen (secondary N) is 1. The van der Waals surface area contributed by atoms with Gasteiger partial charge in [-0.3, -0.25) is 4.79 Å². The summed E-state index contributed by atoms with van der Waals surface area (Å²) in [7, 11) is 0. The van der Waals surface area contributed by atoms with Crippen LogP contribution >= 0.6 is 11.6 Å². The fourth-order valence-electron chi connectivity index (χ4n) is 0.715. The molecule has 0 fully saturated rings. The van der Waals surface area contributed by atoms with E-state index in [9.17, 15) is 14.7 Å². The van der Waals surface area contributed by atoms with Crippen LogP contribution in [0.25, 0.3) is 0 Å². The number of carbonyl (C=O) groups excluding carboxylic acids is 2. The lowest BCUT2D eigenvalue weighted by Crippen LogP contribution is -2.36. The van der Waals surface area contributed by atoms with Crippen LogP contribution in [0.1, 0.15) is 0 Å². The number of hydrogen-bond acceptors (Lipinski definition) is 3. The summed E-state index contributed by atoms with van der Waals surface area (Å²) in [4.78, 5) is 20.6. The highest BCUT2D eigenvalue weighted by atomic mass is 35.5. The molecule has 0 heterocycles. The van der Waals surface area contributed by atoms with E-state index in [2.05, 4.69) is 5.32 Å². The standard InChI is InChI=1S/C8H6ClNO3/c9-5-1-3-6(4-2-5)10-7(11)8(12)13/h1-4H,(H,10,11)(H,12,13)/p-1. The number of aliphatic carboxylic acids is 1. The first-order valence-electron chi connectivity index (χ1n) is 3.37. The molecule has 1 rings (SSSR count). The smallest absolute Gasteiger partial charge is 0.271 e. The van der Waals surface area contributed by atoms with E-state index in [1.54, 1.807) is 0 Å². The van der Waals surface area contributed by atoms with E-state index >= 15 is 0 Å². The number of hydrogen-bond donors (Lipinski definition) is 1. The average molecular weight is 199 g/mol. The van der Waals surface area contributed by atoms with Crippen molar-refractivity contribution in [3.63, 3.8) is 0 Å². The largest absolute Gasteiger partial charge is 0.540 e. The highest BCUT2D eigenvalue weighted by Gasteiger charge is 2.01. The number of amides is 1. The number of carbonyl (C=O) groups is 2. The Kier molecular flexibility index (Phi) is 2.87. The predicted octanol–water partition coefficient (Wildman–Crippen LogP) is 0.0284. The summed E-state index contributed by atoms with van der Waals surface area (Å²) in [6.45, 7) is 0. The van der Waals surface area contributed by atoms with E-state index in [1.165, 1.54) is 24.3 Å². The summed E-state index contributed by atoms with van der Waals surface area (Å²) < 4.78 is 0. The lowest BCUT2D eigenvalue weighted by molar-refractivity contribution is -0.299. The van der Waals surface area contributed by atoms with Crippen LogP contribution in [0, 0.1) is 0 Å². The molecule has 0 saturated heterocycles. The van der Waals surface area contributed by atoms with E-state index in [1.807, 2.05) is 0 Å². The van der Waals surface area contributed by atoms with Crippen molar-refractivity contribution in [1.82, 2.24) is 0 Å². The molecule has 0 radical (unpaired) electrons. The minimum Gasteiger partial charge on any atom is -0.540 e. The summed E-state index contributed by atoms with van der Waals surface area (Å²) in [6, 6.07) is 6.05. The third-order valence-corrected chi connectivity index (χ3v) is 1.54. The minimum atomic E-state index is -1.77. The Balaban J connectivity index is 2.70. The van der Waals surface area contributed by atoms with Crippen LogP contribution in [-0.4, -0.2) is 11.9 Å². The van der Waals surface area contributed by atoms with Gasteiger partial charge in [-0.1, -0.05) is 11.6 Å². The highest BCUT2D eigenvalue weighted by Crippen LogP contribution is 2.12. The van der Waals surface area contributed by atoms with Crippen molar-refractivity contribution in [3.8, 4) is 0 Å². The molecule has 0 aromatic heterocycles. The molecule has 0 aliphatic heterocycles. The molecule has 0 unspecified atom stereocenters. The van der Waals surface area contributed by atoms with Gasteiger partial charge in [0.1, 0.15) is 5.97 Å². The lowest BCUT2D eigenvalue weighted by atomic mass is 10.3. The van der Waals surface area contributed by atoms with Crippen molar-refractivity contribution in [2.24, 2.45) is 0 Å². The van der Waals surface area contributed by atoms with Crippen LogP contribution in [0.2, 0.25) is 5.02 Å². The maximum Gasteiger partial charge on any atom is 0.271 e. The van der Waals surface area contributed by atoms with Gasteiger partial charge in [-0.25, -0.2) is 0 Å². The number of halogens is 1. The third-order valence-electron chi connectivity index (χ3n) is 1.29. The first-order valence-corrected chi connectivity index (χ1v) is 3.75. The Morgan fingerprint density at radius 3 is 2.23 bits per heavy atom. The minimum absolute atomic E-state index is 0.360. The zero-order valence-corrected chi connectivity index (χ0v) is 7.17. The molecular formula is C8H5ClNO3-. The van der Waals surface area contributed by atoms with Gasteiger partial charge in [0.15, 0.2) is 0 Å². The Labute approximate surface area is 79.1 Å². The SMILES string of the molecule is O=C([O-])C(=O)Nc1ccc(Cl)cc1. The van der Waals surface area contributed by atoms with Crippen molar-refractivity contribution < 1.29 is 14.7 Å². The Bertz CT molecular complexity index is 334. The number of anilines is 1. The van der Waals surface area contributed by atoms with Gasteiger partial charge in [-0.2, -0.15) is 0 Å². The van der Waals surface area contributed by atoms with Crippen molar-refractivity contribution in [3.05, 3.63) is 29.3 Å². The first kappa shape index (κ1) is 9.54. The van der Waals surface area contributed by atoms with E-state index in [4.69, 9.17) is 11.6 Å². The lowest BCUT2D eigenvalue weighted by Gasteiger charge is -2.04. The summed E-state index contributed by atoms with van der Waals surface area (Å²) >= 11 is 5.57. The van der Waals surface area contributed by atoms with E-state index in [0.717, 1.165) is 0 Å². The summed E-state index contributed by atoms with van der Waals surface area (Å²) in [5.74, 6) is -2.95. The molecule has 0 aliphatic rings. The molecule has 0 atom stereocenters. The molecule has 0 aliphatic carbocycles. The van der Waals surface area contributed by atoms with Gasteiger partial charge in [0, 0.05) is 10.7 Å². The molecular weight excluding hydrogens is 194 g/mol. The average Bonchev–Trinajstić information content (AvgIpc) is 2.08. The van der Waals surface area contributed by atoms with Gasteiger partial charge >= 0.3 is 0 Å². The Hall–Kier alpha value is -1.55. The van der Waals surface area contributed by atoms with Gasteiger partial charge in [-0.15, -0.1) is 0 Å². The first-order chi connectivity index (χ1) is 6.09. The summed E-state index contributed by atoms with van der Waals surface area (Å²) in [6.07, 6.45) is 0. The molecule has 0 bridgehead atoms. The van der Waals surface area contributed by atoms with Gasteiger partial charge in [0.2, 0.25) is 0 Å². The Morgan fingerprint density at radius 1 is 1.23 bits per heavy atom. The van der Waals surface area contributed by atoms with Crippen molar-refractivity contribution >= 4 is 29.2 Å². The number of rotatable bonds is 1. The van der Waals surface area contributed by atoms with Crippen LogP contribution in [0.3, 0.4) is 0 Å². The second kappa shape index (κ2) is 3.91. The maximum atomic E-state index is 10.6. The van der Waals surface area contributed by atoms with Gasteiger partial charge in [-0.05, 0) is 24.3 Å². The molecule has 0 spiro atoms. The van der Waals surface area contributed by atoms with Crippen molar-refractivity contribution in [2.75, 3.05) is 5.32 Å².